The van der Waals surface area contributed by atoms with Crippen LogP contribution in [0.5, 0.6) is 0 Å². The van der Waals surface area contributed by atoms with Gasteiger partial charge in [-0.15, -0.1) is 0 Å². The number of nitrogens with one attached hydrogen (secondary N) is 3. The van der Waals surface area contributed by atoms with Crippen LogP contribution in [0.3, 0.4) is 0 Å². The zero-order valence-corrected chi connectivity index (χ0v) is 14.6. The molecular formula is C16H30N4O3. The van der Waals surface area contributed by atoms with E-state index in [2.05, 4.69) is 16.0 Å². The van der Waals surface area contributed by atoms with Crippen molar-refractivity contribution in [2.45, 2.75) is 71.0 Å². The molecule has 4 amide bonds. The highest BCUT2D eigenvalue weighted by molar-refractivity contribution is 5.97. The van der Waals surface area contributed by atoms with Crippen LogP contribution in [0, 0.1) is 0 Å². The number of carbonyl (C=O) groups excluding carboxylic acids is 3. The van der Waals surface area contributed by atoms with Gasteiger partial charge in [0.25, 0.3) is 0 Å². The second-order valence-corrected chi connectivity index (χ2v) is 6.61. The highest BCUT2D eigenvalue weighted by Crippen LogP contribution is 2.17. The molecule has 0 heterocycles. The van der Waals surface area contributed by atoms with Crippen molar-refractivity contribution < 1.29 is 14.4 Å². The minimum Gasteiger partial charge on any atom is -0.353 e. The second kappa shape index (κ2) is 9.50. The number of likely N-dealkylation sites (N-methyl/N-ethyl adjacent to an activating group) is 1. The molecule has 7 nitrogen and oxygen atoms in total. The smallest absolute Gasteiger partial charge is 0.321 e. The summed E-state index contributed by atoms with van der Waals surface area (Å²) in [7, 11) is 1.68. The number of urea groups is 1. The van der Waals surface area contributed by atoms with E-state index in [1.165, 1.54) is 6.42 Å². The highest BCUT2D eigenvalue weighted by Gasteiger charge is 2.23. The maximum atomic E-state index is 12.1. The predicted molar refractivity (Wildman–Crippen MR) is 88.9 cm³/mol. The Bertz CT molecular complexity index is 420. The molecule has 0 bridgehead atoms. The van der Waals surface area contributed by atoms with E-state index >= 15 is 0 Å². The Morgan fingerprint density at radius 2 is 1.70 bits per heavy atom. The third-order valence-corrected chi connectivity index (χ3v) is 4.06. The van der Waals surface area contributed by atoms with Crippen molar-refractivity contribution in [1.82, 2.24) is 20.9 Å². The summed E-state index contributed by atoms with van der Waals surface area (Å²) in [5, 5.41) is 7.97. The minimum atomic E-state index is -0.565. The Kier molecular flexibility index (Phi) is 8.02. The van der Waals surface area contributed by atoms with Gasteiger partial charge in [0.2, 0.25) is 11.8 Å². The molecule has 1 aliphatic carbocycles. The summed E-state index contributed by atoms with van der Waals surface area (Å²) in [5.41, 5.74) is 0. The first-order valence-corrected chi connectivity index (χ1v) is 8.40. The maximum absolute atomic E-state index is 12.1. The van der Waals surface area contributed by atoms with Gasteiger partial charge in [0.1, 0.15) is 0 Å². The van der Waals surface area contributed by atoms with E-state index in [1.807, 2.05) is 13.8 Å². The summed E-state index contributed by atoms with van der Waals surface area (Å²) in [5.74, 6) is -0.549. The largest absolute Gasteiger partial charge is 0.353 e. The number of carbonyl (C=O) groups is 3. The molecule has 0 aromatic rings. The van der Waals surface area contributed by atoms with Crippen LogP contribution in [0.2, 0.25) is 0 Å². The molecule has 0 radical (unpaired) electrons. The monoisotopic (exact) mass is 326 g/mol. The average molecular weight is 326 g/mol. The van der Waals surface area contributed by atoms with Gasteiger partial charge in [0.15, 0.2) is 0 Å². The SMILES string of the molecule is CC(C)NC(=O)CN(C)[C@@H](C)C(=O)NC(=O)NC1CCCCC1. The van der Waals surface area contributed by atoms with Crippen LogP contribution >= 0.6 is 0 Å². The molecule has 3 N–H and O–H groups in total. The van der Waals surface area contributed by atoms with E-state index in [0.717, 1.165) is 25.7 Å². The Labute approximate surface area is 138 Å². The zero-order chi connectivity index (χ0) is 17.4. The predicted octanol–water partition coefficient (Wildman–Crippen LogP) is 0.990. The fraction of sp³-hybridized carbons (Fsp3) is 0.812. The van der Waals surface area contributed by atoms with E-state index in [-0.39, 0.29) is 24.5 Å². The van der Waals surface area contributed by atoms with Gasteiger partial charge >= 0.3 is 6.03 Å². The first-order chi connectivity index (χ1) is 10.8. The lowest BCUT2D eigenvalue weighted by atomic mass is 9.96. The average Bonchev–Trinajstić information content (AvgIpc) is 2.46. The Balaban J connectivity index is 2.36. The van der Waals surface area contributed by atoms with Crippen LogP contribution in [0.25, 0.3) is 0 Å². The highest BCUT2D eigenvalue weighted by atomic mass is 16.2. The number of amides is 4. The molecule has 0 unspecified atom stereocenters. The lowest BCUT2D eigenvalue weighted by Gasteiger charge is -2.25. The third-order valence-electron chi connectivity index (χ3n) is 4.06. The van der Waals surface area contributed by atoms with Crippen molar-refractivity contribution in [2.24, 2.45) is 0 Å². The molecule has 1 rings (SSSR count). The second-order valence-electron chi connectivity index (χ2n) is 6.61. The molecule has 0 spiro atoms. The number of hydrogen-bond donors (Lipinski definition) is 3. The van der Waals surface area contributed by atoms with E-state index < -0.39 is 18.0 Å². The lowest BCUT2D eigenvalue weighted by Crippen LogP contribution is -2.52. The third kappa shape index (κ3) is 7.45. The van der Waals surface area contributed by atoms with Crippen LogP contribution in [0.1, 0.15) is 52.9 Å². The van der Waals surface area contributed by atoms with Crippen molar-refractivity contribution in [3.05, 3.63) is 0 Å². The van der Waals surface area contributed by atoms with Gasteiger partial charge in [-0.25, -0.2) is 4.79 Å². The first-order valence-electron chi connectivity index (χ1n) is 8.40. The molecule has 0 aromatic heterocycles. The Hall–Kier alpha value is -1.63. The van der Waals surface area contributed by atoms with Crippen LogP contribution < -0.4 is 16.0 Å². The molecule has 1 fully saturated rings. The van der Waals surface area contributed by atoms with Crippen LogP contribution in [-0.2, 0) is 9.59 Å². The molecule has 0 aromatic carbocycles. The van der Waals surface area contributed by atoms with Gasteiger partial charge in [0.05, 0.1) is 12.6 Å². The molecule has 1 atom stereocenters. The zero-order valence-electron chi connectivity index (χ0n) is 14.6. The minimum absolute atomic E-state index is 0.0568. The normalized spacial score (nSPS) is 17.0. The molecule has 0 saturated heterocycles. The molecule has 1 aliphatic rings. The van der Waals surface area contributed by atoms with Crippen molar-refractivity contribution in [2.75, 3.05) is 13.6 Å². The van der Waals surface area contributed by atoms with Crippen LogP contribution in [0.15, 0.2) is 0 Å². The van der Waals surface area contributed by atoms with Crippen molar-refractivity contribution >= 4 is 17.8 Å². The summed E-state index contributed by atoms with van der Waals surface area (Å²) in [6.45, 7) is 5.54. The molecule has 132 valence electrons. The summed E-state index contributed by atoms with van der Waals surface area (Å²) in [4.78, 5) is 37.3. The summed E-state index contributed by atoms with van der Waals surface area (Å²) >= 11 is 0. The fourth-order valence-electron chi connectivity index (χ4n) is 2.62. The van der Waals surface area contributed by atoms with Gasteiger partial charge in [-0.2, -0.15) is 0 Å². The van der Waals surface area contributed by atoms with Crippen LogP contribution in [-0.4, -0.2) is 54.5 Å². The van der Waals surface area contributed by atoms with Crippen molar-refractivity contribution in [1.29, 1.82) is 0 Å². The van der Waals surface area contributed by atoms with E-state index in [0.29, 0.717) is 0 Å². The number of hydrogen-bond acceptors (Lipinski definition) is 4. The molecule has 1 saturated carbocycles. The van der Waals surface area contributed by atoms with Gasteiger partial charge in [-0.05, 0) is 40.7 Å². The maximum Gasteiger partial charge on any atom is 0.321 e. The fourth-order valence-corrected chi connectivity index (χ4v) is 2.62. The summed E-state index contributed by atoms with van der Waals surface area (Å²) < 4.78 is 0. The van der Waals surface area contributed by atoms with E-state index in [1.54, 1.807) is 18.9 Å². The van der Waals surface area contributed by atoms with Crippen LogP contribution in [0.4, 0.5) is 4.79 Å². The van der Waals surface area contributed by atoms with Gasteiger partial charge in [-0.1, -0.05) is 19.3 Å². The van der Waals surface area contributed by atoms with E-state index in [4.69, 9.17) is 0 Å². The molecule has 0 aliphatic heterocycles. The topological polar surface area (TPSA) is 90.5 Å². The van der Waals surface area contributed by atoms with Gasteiger partial charge in [-0.3, -0.25) is 19.8 Å². The Morgan fingerprint density at radius 1 is 1.09 bits per heavy atom. The molecular weight excluding hydrogens is 296 g/mol. The summed E-state index contributed by atoms with van der Waals surface area (Å²) in [6, 6.07) is -0.804. The van der Waals surface area contributed by atoms with Gasteiger partial charge < -0.3 is 10.6 Å². The lowest BCUT2D eigenvalue weighted by molar-refractivity contribution is -0.127. The molecule has 7 heteroatoms. The van der Waals surface area contributed by atoms with Crippen molar-refractivity contribution in [3.63, 3.8) is 0 Å². The first kappa shape index (κ1) is 19.4. The van der Waals surface area contributed by atoms with E-state index in [9.17, 15) is 14.4 Å². The standard InChI is InChI=1S/C16H30N4O3/c1-11(2)17-14(21)10-20(4)12(3)15(22)19-16(23)18-13-8-6-5-7-9-13/h11-13H,5-10H2,1-4H3,(H,17,21)(H2,18,19,22,23)/t12-/m0/s1. The number of nitrogens with zero attached hydrogens (tertiary/aromatic N) is 1. The molecule has 23 heavy (non-hydrogen) atoms. The Morgan fingerprint density at radius 3 is 2.26 bits per heavy atom. The quantitative estimate of drug-likeness (QED) is 0.679. The number of imide groups is 1. The van der Waals surface area contributed by atoms with Crippen molar-refractivity contribution in [3.8, 4) is 0 Å². The summed E-state index contributed by atoms with van der Waals surface area (Å²) in [6.07, 6.45) is 5.36. The number of rotatable bonds is 6. The van der Waals surface area contributed by atoms with Gasteiger partial charge in [0, 0.05) is 12.1 Å².